The third kappa shape index (κ3) is 4.44. The van der Waals surface area contributed by atoms with E-state index in [1.807, 2.05) is 43.1 Å². The number of para-hydroxylation sites is 1. The number of carboxylic acids is 1. The standard InChI is InChI=1S/C13H19NO3/c1-10-5-3-4-6-12(10)14(2)9-11(15)7-8-13(16)17/h3-6,11,15H,7-9H2,1-2H3,(H,16,17). The van der Waals surface area contributed by atoms with Gasteiger partial charge in [0.05, 0.1) is 6.10 Å². The van der Waals surface area contributed by atoms with E-state index in [-0.39, 0.29) is 12.8 Å². The van der Waals surface area contributed by atoms with Gasteiger partial charge in [0.15, 0.2) is 0 Å². The summed E-state index contributed by atoms with van der Waals surface area (Å²) in [7, 11) is 1.90. The molecule has 0 amide bonds. The van der Waals surface area contributed by atoms with Crippen LogP contribution in [-0.4, -0.2) is 35.9 Å². The molecule has 17 heavy (non-hydrogen) atoms. The van der Waals surface area contributed by atoms with Crippen LogP contribution in [-0.2, 0) is 4.79 Å². The largest absolute Gasteiger partial charge is 0.481 e. The summed E-state index contributed by atoms with van der Waals surface area (Å²) < 4.78 is 0. The molecule has 0 aliphatic carbocycles. The molecule has 94 valence electrons. The average molecular weight is 237 g/mol. The lowest BCUT2D eigenvalue weighted by molar-refractivity contribution is -0.137. The normalized spacial score (nSPS) is 12.2. The third-order valence-electron chi connectivity index (χ3n) is 2.70. The highest BCUT2D eigenvalue weighted by molar-refractivity contribution is 5.66. The number of aliphatic hydroxyl groups excluding tert-OH is 1. The molecule has 0 aliphatic heterocycles. The van der Waals surface area contributed by atoms with Crippen LogP contribution in [0.2, 0.25) is 0 Å². The van der Waals surface area contributed by atoms with Crippen LogP contribution in [0.4, 0.5) is 5.69 Å². The van der Waals surface area contributed by atoms with Crippen molar-refractivity contribution in [2.24, 2.45) is 0 Å². The number of hydrogen-bond donors (Lipinski definition) is 2. The highest BCUT2D eigenvalue weighted by Gasteiger charge is 2.11. The predicted octanol–water partition coefficient (Wildman–Crippen LogP) is 1.66. The zero-order valence-corrected chi connectivity index (χ0v) is 10.3. The Bertz CT molecular complexity index is 379. The summed E-state index contributed by atoms with van der Waals surface area (Å²) in [6.45, 7) is 2.45. The monoisotopic (exact) mass is 237 g/mol. The van der Waals surface area contributed by atoms with Crippen LogP contribution < -0.4 is 4.90 Å². The number of aliphatic hydroxyl groups is 1. The van der Waals surface area contributed by atoms with E-state index in [4.69, 9.17) is 5.11 Å². The molecule has 4 heteroatoms. The predicted molar refractivity (Wildman–Crippen MR) is 67.3 cm³/mol. The number of anilines is 1. The SMILES string of the molecule is Cc1ccccc1N(C)CC(O)CCC(=O)O. The minimum atomic E-state index is -0.873. The van der Waals surface area contributed by atoms with E-state index in [0.29, 0.717) is 6.54 Å². The van der Waals surface area contributed by atoms with Gasteiger partial charge in [-0.15, -0.1) is 0 Å². The Balaban J connectivity index is 2.51. The highest BCUT2D eigenvalue weighted by atomic mass is 16.4. The molecule has 0 heterocycles. The smallest absolute Gasteiger partial charge is 0.303 e. The van der Waals surface area contributed by atoms with Gasteiger partial charge in [-0.25, -0.2) is 0 Å². The molecule has 0 aromatic heterocycles. The minimum Gasteiger partial charge on any atom is -0.481 e. The van der Waals surface area contributed by atoms with E-state index in [0.717, 1.165) is 11.3 Å². The lowest BCUT2D eigenvalue weighted by Crippen LogP contribution is -2.29. The van der Waals surface area contributed by atoms with E-state index in [1.54, 1.807) is 0 Å². The molecule has 0 spiro atoms. The Morgan fingerprint density at radius 2 is 2.06 bits per heavy atom. The summed E-state index contributed by atoms with van der Waals surface area (Å²) in [6, 6.07) is 7.91. The van der Waals surface area contributed by atoms with Crippen molar-refractivity contribution in [1.82, 2.24) is 0 Å². The molecule has 0 saturated heterocycles. The summed E-state index contributed by atoms with van der Waals surface area (Å²) in [6.07, 6.45) is -0.329. The Kier molecular flexibility index (Phi) is 4.97. The van der Waals surface area contributed by atoms with Gasteiger partial charge in [0.2, 0.25) is 0 Å². The van der Waals surface area contributed by atoms with Crippen molar-refractivity contribution in [2.75, 3.05) is 18.5 Å². The van der Waals surface area contributed by atoms with Crippen LogP contribution in [0, 0.1) is 6.92 Å². The summed E-state index contributed by atoms with van der Waals surface area (Å²) in [5.41, 5.74) is 2.20. The first kappa shape index (κ1) is 13.5. The molecule has 1 unspecified atom stereocenters. The van der Waals surface area contributed by atoms with Gasteiger partial charge in [-0.3, -0.25) is 4.79 Å². The van der Waals surface area contributed by atoms with Crippen molar-refractivity contribution < 1.29 is 15.0 Å². The van der Waals surface area contributed by atoms with Gasteiger partial charge >= 0.3 is 5.97 Å². The molecule has 1 rings (SSSR count). The first-order valence-corrected chi connectivity index (χ1v) is 5.67. The number of aryl methyl sites for hydroxylation is 1. The van der Waals surface area contributed by atoms with Crippen LogP contribution in [0.25, 0.3) is 0 Å². The molecule has 1 atom stereocenters. The molecule has 0 fully saturated rings. The molecule has 1 aromatic rings. The number of likely N-dealkylation sites (N-methyl/N-ethyl adjacent to an activating group) is 1. The van der Waals surface area contributed by atoms with Crippen molar-refractivity contribution >= 4 is 11.7 Å². The van der Waals surface area contributed by atoms with Crippen molar-refractivity contribution in [3.8, 4) is 0 Å². The maximum absolute atomic E-state index is 10.4. The number of carboxylic acid groups (broad SMARTS) is 1. The fourth-order valence-corrected chi connectivity index (χ4v) is 1.79. The van der Waals surface area contributed by atoms with E-state index < -0.39 is 12.1 Å². The van der Waals surface area contributed by atoms with Gasteiger partial charge in [-0.05, 0) is 25.0 Å². The molecular formula is C13H19NO3. The number of rotatable bonds is 6. The van der Waals surface area contributed by atoms with Crippen molar-refractivity contribution in [3.05, 3.63) is 29.8 Å². The van der Waals surface area contributed by atoms with Gasteiger partial charge in [0.1, 0.15) is 0 Å². The lowest BCUT2D eigenvalue weighted by atomic mass is 10.1. The Morgan fingerprint density at radius 3 is 2.65 bits per heavy atom. The second-order valence-electron chi connectivity index (χ2n) is 4.25. The molecular weight excluding hydrogens is 218 g/mol. The third-order valence-corrected chi connectivity index (χ3v) is 2.70. The fourth-order valence-electron chi connectivity index (χ4n) is 1.79. The van der Waals surface area contributed by atoms with Gasteiger partial charge in [-0.2, -0.15) is 0 Å². The summed E-state index contributed by atoms with van der Waals surface area (Å²) in [5, 5.41) is 18.2. The number of benzene rings is 1. The molecule has 0 radical (unpaired) electrons. The lowest BCUT2D eigenvalue weighted by Gasteiger charge is -2.24. The maximum atomic E-state index is 10.4. The quantitative estimate of drug-likeness (QED) is 0.790. The van der Waals surface area contributed by atoms with Crippen LogP contribution in [0.1, 0.15) is 18.4 Å². The molecule has 0 aliphatic rings. The number of nitrogens with zero attached hydrogens (tertiary/aromatic N) is 1. The van der Waals surface area contributed by atoms with Gasteiger partial charge in [-0.1, -0.05) is 18.2 Å². The highest BCUT2D eigenvalue weighted by Crippen LogP contribution is 2.18. The zero-order chi connectivity index (χ0) is 12.8. The van der Waals surface area contributed by atoms with Crippen LogP contribution in [0.15, 0.2) is 24.3 Å². The van der Waals surface area contributed by atoms with Gasteiger partial charge in [0.25, 0.3) is 0 Å². The maximum Gasteiger partial charge on any atom is 0.303 e. The number of hydrogen-bond acceptors (Lipinski definition) is 3. The zero-order valence-electron chi connectivity index (χ0n) is 10.3. The second-order valence-corrected chi connectivity index (χ2v) is 4.25. The summed E-state index contributed by atoms with van der Waals surface area (Å²) in [4.78, 5) is 12.3. The Hall–Kier alpha value is -1.55. The second kappa shape index (κ2) is 6.25. The van der Waals surface area contributed by atoms with Crippen LogP contribution in [0.3, 0.4) is 0 Å². The van der Waals surface area contributed by atoms with E-state index >= 15 is 0 Å². The molecule has 2 N–H and O–H groups in total. The molecule has 4 nitrogen and oxygen atoms in total. The summed E-state index contributed by atoms with van der Waals surface area (Å²) >= 11 is 0. The first-order chi connectivity index (χ1) is 8.00. The van der Waals surface area contributed by atoms with Crippen LogP contribution in [0.5, 0.6) is 0 Å². The molecule has 0 bridgehead atoms. The fraction of sp³-hybridized carbons (Fsp3) is 0.462. The van der Waals surface area contributed by atoms with E-state index in [2.05, 4.69) is 0 Å². The van der Waals surface area contributed by atoms with E-state index in [1.165, 1.54) is 0 Å². The minimum absolute atomic E-state index is 0.00276. The first-order valence-electron chi connectivity index (χ1n) is 5.67. The van der Waals surface area contributed by atoms with Crippen molar-refractivity contribution in [2.45, 2.75) is 25.9 Å². The Morgan fingerprint density at radius 1 is 1.41 bits per heavy atom. The average Bonchev–Trinajstić information content (AvgIpc) is 2.26. The van der Waals surface area contributed by atoms with Crippen LogP contribution >= 0.6 is 0 Å². The number of aliphatic carboxylic acids is 1. The van der Waals surface area contributed by atoms with Gasteiger partial charge < -0.3 is 15.1 Å². The van der Waals surface area contributed by atoms with E-state index in [9.17, 15) is 9.90 Å². The molecule has 0 saturated carbocycles. The number of carbonyl (C=O) groups is 1. The van der Waals surface area contributed by atoms with Crippen molar-refractivity contribution in [1.29, 1.82) is 0 Å². The van der Waals surface area contributed by atoms with Gasteiger partial charge in [0, 0.05) is 25.7 Å². The van der Waals surface area contributed by atoms with Crippen molar-refractivity contribution in [3.63, 3.8) is 0 Å². The Labute approximate surface area is 101 Å². The topological polar surface area (TPSA) is 60.8 Å². The molecule has 1 aromatic carbocycles. The summed E-state index contributed by atoms with van der Waals surface area (Å²) in [5.74, 6) is -0.873.